The van der Waals surface area contributed by atoms with Gasteiger partial charge in [0.05, 0.1) is 34.5 Å². The zero-order valence-electron chi connectivity index (χ0n) is 12.4. The fourth-order valence-corrected chi connectivity index (χ4v) is 4.01. The summed E-state index contributed by atoms with van der Waals surface area (Å²) in [5.41, 5.74) is 1.73. The summed E-state index contributed by atoms with van der Waals surface area (Å²) in [4.78, 5) is 5.17. The molecule has 23 heavy (non-hydrogen) atoms. The molecule has 0 unspecified atom stereocenters. The predicted molar refractivity (Wildman–Crippen MR) is 85.5 cm³/mol. The maximum absolute atomic E-state index is 12.4. The second-order valence-corrected chi connectivity index (χ2v) is 7.85. The van der Waals surface area contributed by atoms with Gasteiger partial charge in [-0.05, 0) is 32.0 Å². The molecule has 1 N–H and O–H groups in total. The molecule has 0 aliphatic rings. The first-order chi connectivity index (χ1) is 10.9. The van der Waals surface area contributed by atoms with Crippen molar-refractivity contribution in [1.29, 1.82) is 5.26 Å². The van der Waals surface area contributed by atoms with Crippen LogP contribution in [0.4, 0.5) is 0 Å². The number of sulfonamides is 1. The average Bonchev–Trinajstić information content (AvgIpc) is 3.00. The van der Waals surface area contributed by atoms with Crippen molar-refractivity contribution < 1.29 is 8.42 Å². The second kappa shape index (κ2) is 5.73. The van der Waals surface area contributed by atoms with Crippen LogP contribution < -0.4 is 4.72 Å². The van der Waals surface area contributed by atoms with E-state index in [9.17, 15) is 8.42 Å². The molecule has 1 aromatic carbocycles. The van der Waals surface area contributed by atoms with Gasteiger partial charge in [0.25, 0.3) is 0 Å². The molecule has 0 atom stereocenters. The Morgan fingerprint density at radius 1 is 1.39 bits per heavy atom. The third kappa shape index (κ3) is 2.96. The minimum absolute atomic E-state index is 0.0596. The van der Waals surface area contributed by atoms with Crippen LogP contribution >= 0.6 is 11.3 Å². The van der Waals surface area contributed by atoms with Gasteiger partial charge in [-0.1, -0.05) is 17.4 Å². The minimum Gasteiger partial charge on any atom is -0.223 e. The molecule has 2 aromatic heterocycles. The Bertz CT molecular complexity index is 1030. The Hall–Kier alpha value is -2.28. The van der Waals surface area contributed by atoms with Crippen molar-refractivity contribution in [3.8, 4) is 6.07 Å². The van der Waals surface area contributed by atoms with Crippen LogP contribution in [0.5, 0.6) is 0 Å². The van der Waals surface area contributed by atoms with Crippen LogP contribution in [0.1, 0.15) is 22.0 Å². The first-order valence-corrected chi connectivity index (χ1v) is 9.02. The number of benzene rings is 1. The van der Waals surface area contributed by atoms with Crippen molar-refractivity contribution in [2.24, 2.45) is 0 Å². The topological polar surface area (TPSA) is 100 Å². The van der Waals surface area contributed by atoms with Crippen molar-refractivity contribution in [2.75, 3.05) is 0 Å². The van der Waals surface area contributed by atoms with Gasteiger partial charge in [0.2, 0.25) is 15.0 Å². The van der Waals surface area contributed by atoms with Gasteiger partial charge in [-0.25, -0.2) is 22.6 Å². The molecule has 118 valence electrons. The maximum Gasteiger partial charge on any atom is 0.240 e. The van der Waals surface area contributed by atoms with Crippen LogP contribution in [0.25, 0.3) is 4.96 Å². The molecule has 2 heterocycles. The van der Waals surface area contributed by atoms with Gasteiger partial charge in [0.1, 0.15) is 5.01 Å². The van der Waals surface area contributed by atoms with Crippen LogP contribution in [0.15, 0.2) is 29.2 Å². The number of nitrogens with one attached hydrogen (secondary N) is 1. The van der Waals surface area contributed by atoms with E-state index in [1.165, 1.54) is 23.5 Å². The smallest absolute Gasteiger partial charge is 0.223 e. The van der Waals surface area contributed by atoms with Gasteiger partial charge >= 0.3 is 0 Å². The van der Waals surface area contributed by atoms with E-state index in [-0.39, 0.29) is 11.4 Å². The van der Waals surface area contributed by atoms with Gasteiger partial charge in [-0.3, -0.25) is 0 Å². The summed E-state index contributed by atoms with van der Waals surface area (Å²) >= 11 is 1.45. The van der Waals surface area contributed by atoms with Crippen molar-refractivity contribution in [3.63, 3.8) is 0 Å². The molecule has 0 aliphatic carbocycles. The summed E-state index contributed by atoms with van der Waals surface area (Å²) in [7, 11) is -3.71. The fraction of sp³-hybridized carbons (Fsp3) is 0.214. The van der Waals surface area contributed by atoms with Crippen molar-refractivity contribution >= 4 is 26.3 Å². The number of aryl methyl sites for hydroxylation is 2. The van der Waals surface area contributed by atoms with E-state index < -0.39 is 10.0 Å². The molecular weight excluding hydrogens is 334 g/mol. The Morgan fingerprint density at radius 2 is 2.17 bits per heavy atom. The largest absolute Gasteiger partial charge is 0.240 e. The van der Waals surface area contributed by atoms with E-state index in [0.717, 1.165) is 15.7 Å². The molecule has 0 saturated carbocycles. The van der Waals surface area contributed by atoms with Crippen LogP contribution in [-0.4, -0.2) is 23.0 Å². The predicted octanol–water partition coefficient (Wildman–Crippen LogP) is 1.76. The van der Waals surface area contributed by atoms with Crippen molar-refractivity contribution in [2.45, 2.75) is 25.3 Å². The third-order valence-corrected chi connectivity index (χ3v) is 5.52. The number of fused-ring (bicyclic) bond motifs is 1. The molecule has 0 saturated heterocycles. The summed E-state index contributed by atoms with van der Waals surface area (Å²) in [6.07, 6.45) is 0. The molecule has 0 aliphatic heterocycles. The summed E-state index contributed by atoms with van der Waals surface area (Å²) in [6.45, 7) is 3.77. The molecule has 3 aromatic rings. The van der Waals surface area contributed by atoms with Crippen LogP contribution in [0.3, 0.4) is 0 Å². The molecule has 0 radical (unpaired) electrons. The monoisotopic (exact) mass is 347 g/mol. The average molecular weight is 347 g/mol. The highest BCUT2D eigenvalue weighted by Crippen LogP contribution is 2.18. The minimum atomic E-state index is -3.71. The molecule has 0 bridgehead atoms. The lowest BCUT2D eigenvalue weighted by molar-refractivity contribution is 0.579. The van der Waals surface area contributed by atoms with E-state index >= 15 is 0 Å². The van der Waals surface area contributed by atoms with Crippen LogP contribution in [0.2, 0.25) is 0 Å². The molecular formula is C14H13N5O2S2. The lowest BCUT2D eigenvalue weighted by Gasteiger charge is -2.07. The Morgan fingerprint density at radius 3 is 2.91 bits per heavy atom. The summed E-state index contributed by atoms with van der Waals surface area (Å²) < 4.78 is 29.0. The second-order valence-electron chi connectivity index (χ2n) is 4.92. The van der Waals surface area contributed by atoms with E-state index in [2.05, 4.69) is 14.8 Å². The first kappa shape index (κ1) is 15.6. The Balaban J connectivity index is 1.89. The maximum atomic E-state index is 12.4. The summed E-state index contributed by atoms with van der Waals surface area (Å²) in [6, 6.07) is 7.82. The lowest BCUT2D eigenvalue weighted by Crippen LogP contribution is -2.24. The number of imidazole rings is 1. The number of nitriles is 1. The zero-order valence-corrected chi connectivity index (χ0v) is 14.1. The number of aromatic nitrogens is 3. The normalized spacial score (nSPS) is 11.7. The van der Waals surface area contributed by atoms with E-state index in [1.54, 1.807) is 16.6 Å². The molecule has 0 amide bonds. The standard InChI is InChI=1S/C14H13N5O2S2/c1-9-13(19-14(17-9)22-10(2)18-19)8-16-23(20,21)12-5-3-4-11(6-12)7-15/h3-6,16H,8H2,1-2H3. The number of rotatable bonds is 4. The van der Waals surface area contributed by atoms with Crippen LogP contribution in [-0.2, 0) is 16.6 Å². The van der Waals surface area contributed by atoms with Crippen molar-refractivity contribution in [1.82, 2.24) is 19.3 Å². The fourth-order valence-electron chi connectivity index (χ4n) is 2.17. The third-order valence-electron chi connectivity index (χ3n) is 3.30. The summed E-state index contributed by atoms with van der Waals surface area (Å²) in [5.74, 6) is 0. The highest BCUT2D eigenvalue weighted by atomic mass is 32.2. The zero-order chi connectivity index (χ0) is 16.6. The van der Waals surface area contributed by atoms with Crippen LogP contribution in [0, 0.1) is 25.2 Å². The number of hydrogen-bond acceptors (Lipinski definition) is 6. The van der Waals surface area contributed by atoms with E-state index in [1.807, 2.05) is 19.9 Å². The van der Waals surface area contributed by atoms with Gasteiger partial charge in [-0.15, -0.1) is 0 Å². The lowest BCUT2D eigenvalue weighted by atomic mass is 10.2. The molecule has 0 fully saturated rings. The number of nitrogens with zero attached hydrogens (tertiary/aromatic N) is 4. The molecule has 7 nitrogen and oxygen atoms in total. The highest BCUT2D eigenvalue weighted by molar-refractivity contribution is 7.89. The molecule has 9 heteroatoms. The number of hydrogen-bond donors (Lipinski definition) is 1. The quantitative estimate of drug-likeness (QED) is 0.775. The molecule has 3 rings (SSSR count). The van der Waals surface area contributed by atoms with E-state index in [0.29, 0.717) is 11.3 Å². The van der Waals surface area contributed by atoms with Gasteiger partial charge in [0, 0.05) is 0 Å². The Kier molecular flexibility index (Phi) is 3.89. The van der Waals surface area contributed by atoms with Gasteiger partial charge in [0.15, 0.2) is 0 Å². The van der Waals surface area contributed by atoms with Gasteiger partial charge in [-0.2, -0.15) is 10.4 Å². The van der Waals surface area contributed by atoms with E-state index in [4.69, 9.17) is 5.26 Å². The SMILES string of the molecule is Cc1nn2c(CNS(=O)(=O)c3cccc(C#N)c3)c(C)nc2s1. The first-order valence-electron chi connectivity index (χ1n) is 6.72. The van der Waals surface area contributed by atoms with Crippen molar-refractivity contribution in [3.05, 3.63) is 46.2 Å². The van der Waals surface area contributed by atoms with Gasteiger partial charge < -0.3 is 0 Å². The Labute approximate surface area is 137 Å². The molecule has 0 spiro atoms. The highest BCUT2D eigenvalue weighted by Gasteiger charge is 2.18. The summed E-state index contributed by atoms with van der Waals surface area (Å²) in [5, 5.41) is 14.1.